The molecule has 0 bridgehead atoms. The van der Waals surface area contributed by atoms with Crippen LogP contribution in [-0.4, -0.2) is 28.9 Å². The highest BCUT2D eigenvalue weighted by atomic mass is 16.5. The monoisotopic (exact) mass is 464 g/mol. The summed E-state index contributed by atoms with van der Waals surface area (Å²) in [5, 5.41) is 19.4. The molecule has 178 valence electrons. The van der Waals surface area contributed by atoms with E-state index in [2.05, 4.69) is 0 Å². The molecule has 7 nitrogen and oxygen atoms in total. The van der Waals surface area contributed by atoms with Crippen LogP contribution >= 0.6 is 0 Å². The van der Waals surface area contributed by atoms with Crippen molar-refractivity contribution in [2.24, 2.45) is 5.92 Å². The fourth-order valence-electron chi connectivity index (χ4n) is 4.37. The number of carbonyl (C=O) groups is 1. The van der Waals surface area contributed by atoms with E-state index in [0.717, 1.165) is 31.2 Å². The smallest absolute Gasteiger partial charge is 0.343 e. The summed E-state index contributed by atoms with van der Waals surface area (Å²) in [6.07, 6.45) is 4.46. The topological polar surface area (TPSA) is 106 Å². The molecule has 1 saturated carbocycles. The van der Waals surface area contributed by atoms with Crippen molar-refractivity contribution in [1.82, 2.24) is 0 Å². The normalized spacial score (nSPS) is 14.7. The van der Waals surface area contributed by atoms with E-state index in [4.69, 9.17) is 19.0 Å². The van der Waals surface area contributed by atoms with Crippen molar-refractivity contribution < 1.29 is 28.9 Å². The number of aliphatic carboxylic acids is 1. The number of carboxylic acid groups (broad SMARTS) is 1. The largest absolute Gasteiger partial charge is 0.507 e. The van der Waals surface area contributed by atoms with Gasteiger partial charge < -0.3 is 24.1 Å². The third-order valence-corrected chi connectivity index (χ3v) is 6.17. The molecule has 7 heteroatoms. The molecule has 3 aromatic rings. The lowest BCUT2D eigenvalue weighted by molar-refractivity contribution is -0.139. The summed E-state index contributed by atoms with van der Waals surface area (Å²) in [4.78, 5) is 23.5. The molecule has 0 amide bonds. The van der Waals surface area contributed by atoms with Gasteiger partial charge >= 0.3 is 11.6 Å². The van der Waals surface area contributed by atoms with Crippen molar-refractivity contribution in [2.75, 3.05) is 6.61 Å². The number of rotatable bonds is 10. The van der Waals surface area contributed by atoms with E-state index in [1.807, 2.05) is 30.3 Å². The molecule has 1 aliphatic rings. The Labute approximate surface area is 197 Å². The first-order valence-corrected chi connectivity index (χ1v) is 11.5. The predicted octanol–water partition coefficient (Wildman–Crippen LogP) is 4.79. The van der Waals surface area contributed by atoms with E-state index in [1.54, 1.807) is 24.3 Å². The Morgan fingerprint density at radius 1 is 1.06 bits per heavy atom. The lowest BCUT2D eigenvalue weighted by Gasteiger charge is -2.24. The summed E-state index contributed by atoms with van der Waals surface area (Å²) in [7, 11) is 0. The van der Waals surface area contributed by atoms with Crippen molar-refractivity contribution in [3.63, 3.8) is 0 Å². The lowest BCUT2D eigenvalue weighted by atomic mass is 9.94. The third-order valence-electron chi connectivity index (χ3n) is 6.17. The van der Waals surface area contributed by atoms with Gasteiger partial charge in [0, 0.05) is 18.1 Å². The molecular formula is C27H28O7. The van der Waals surface area contributed by atoms with Gasteiger partial charge in [-0.25, -0.2) is 9.59 Å². The first-order valence-electron chi connectivity index (χ1n) is 11.5. The predicted molar refractivity (Wildman–Crippen MR) is 126 cm³/mol. The Bertz CT molecular complexity index is 1150. The van der Waals surface area contributed by atoms with E-state index in [0.29, 0.717) is 23.8 Å². The highest BCUT2D eigenvalue weighted by molar-refractivity contribution is 5.68. The average molecular weight is 465 g/mol. The van der Waals surface area contributed by atoms with Crippen LogP contribution in [0, 0.1) is 5.92 Å². The molecular weight excluding hydrogens is 436 g/mol. The van der Waals surface area contributed by atoms with Gasteiger partial charge in [0.1, 0.15) is 17.3 Å². The molecule has 1 unspecified atom stereocenters. The molecule has 1 fully saturated rings. The van der Waals surface area contributed by atoms with Crippen LogP contribution in [0.4, 0.5) is 0 Å². The SMILES string of the molecule is O=C(O)COc1ccc(-c2cc(O)c(CC(OCc3ccccc3)C3CCCC3)c(=O)o2)cc1. The van der Waals surface area contributed by atoms with Gasteiger partial charge in [0.2, 0.25) is 0 Å². The van der Waals surface area contributed by atoms with E-state index in [9.17, 15) is 14.7 Å². The molecule has 1 atom stereocenters. The summed E-state index contributed by atoms with van der Waals surface area (Å²) >= 11 is 0. The third kappa shape index (κ3) is 6.05. The van der Waals surface area contributed by atoms with Gasteiger partial charge in [-0.1, -0.05) is 43.2 Å². The van der Waals surface area contributed by atoms with Crippen LogP contribution in [-0.2, 0) is 22.6 Å². The second-order valence-corrected chi connectivity index (χ2v) is 8.55. The minimum atomic E-state index is -1.07. The quantitative estimate of drug-likeness (QED) is 0.444. The maximum Gasteiger partial charge on any atom is 0.343 e. The van der Waals surface area contributed by atoms with Gasteiger partial charge in [0.15, 0.2) is 6.61 Å². The number of aromatic hydroxyl groups is 1. The van der Waals surface area contributed by atoms with E-state index < -0.39 is 18.2 Å². The summed E-state index contributed by atoms with van der Waals surface area (Å²) in [6, 6.07) is 17.8. The second kappa shape index (κ2) is 11.0. The van der Waals surface area contributed by atoms with Crippen LogP contribution in [0.2, 0.25) is 0 Å². The minimum absolute atomic E-state index is 0.122. The zero-order valence-electron chi connectivity index (χ0n) is 18.8. The van der Waals surface area contributed by atoms with Gasteiger partial charge in [-0.3, -0.25) is 0 Å². The number of ether oxygens (including phenoxy) is 2. The zero-order valence-corrected chi connectivity index (χ0v) is 18.8. The molecule has 0 saturated heterocycles. The molecule has 1 aliphatic carbocycles. The van der Waals surface area contributed by atoms with Gasteiger partial charge in [0.05, 0.1) is 18.3 Å². The minimum Gasteiger partial charge on any atom is -0.507 e. The first kappa shape index (κ1) is 23.6. The molecule has 2 aromatic carbocycles. The van der Waals surface area contributed by atoms with Crippen molar-refractivity contribution in [2.45, 2.75) is 44.8 Å². The molecule has 4 rings (SSSR count). The molecule has 1 heterocycles. The molecule has 1 aromatic heterocycles. The summed E-state index contributed by atoms with van der Waals surface area (Å²) in [5.74, 6) is -0.258. The Kier molecular flexibility index (Phi) is 7.65. The van der Waals surface area contributed by atoms with Crippen LogP contribution in [0.25, 0.3) is 11.3 Å². The summed E-state index contributed by atoms with van der Waals surface area (Å²) in [6.45, 7) is 0.000895. The fraction of sp³-hybridized carbons (Fsp3) is 0.333. The van der Waals surface area contributed by atoms with E-state index in [-0.39, 0.29) is 29.6 Å². The van der Waals surface area contributed by atoms with Crippen molar-refractivity contribution in [1.29, 1.82) is 0 Å². The molecule has 0 radical (unpaired) electrons. The Morgan fingerprint density at radius 2 is 1.76 bits per heavy atom. The molecule has 0 spiro atoms. The number of hydrogen-bond acceptors (Lipinski definition) is 6. The Balaban J connectivity index is 1.50. The highest BCUT2D eigenvalue weighted by Gasteiger charge is 2.28. The number of carboxylic acids is 1. The molecule has 2 N–H and O–H groups in total. The van der Waals surface area contributed by atoms with Crippen molar-refractivity contribution in [3.05, 3.63) is 82.2 Å². The Morgan fingerprint density at radius 3 is 2.41 bits per heavy atom. The molecule has 0 aliphatic heterocycles. The maximum atomic E-state index is 12.8. The number of hydrogen-bond donors (Lipinski definition) is 2. The standard InChI is InChI=1S/C27H28O7/c28-23-15-25(20-10-12-21(13-11-20)32-17-26(29)30)34-27(31)22(23)14-24(19-8-4-5-9-19)33-16-18-6-2-1-3-7-18/h1-3,6-7,10-13,15,19,24,28H,4-5,8-9,14,16-17H2,(H,29,30). The Hall–Kier alpha value is -3.58. The maximum absolute atomic E-state index is 12.8. The second-order valence-electron chi connectivity index (χ2n) is 8.55. The highest BCUT2D eigenvalue weighted by Crippen LogP contribution is 2.33. The lowest BCUT2D eigenvalue weighted by Crippen LogP contribution is -2.27. The average Bonchev–Trinajstić information content (AvgIpc) is 3.37. The summed E-state index contributed by atoms with van der Waals surface area (Å²) < 4.78 is 16.9. The van der Waals surface area contributed by atoms with Gasteiger partial charge in [0.25, 0.3) is 0 Å². The van der Waals surface area contributed by atoms with E-state index >= 15 is 0 Å². The van der Waals surface area contributed by atoms with Gasteiger partial charge in [-0.2, -0.15) is 0 Å². The van der Waals surface area contributed by atoms with Crippen LogP contribution < -0.4 is 10.4 Å². The van der Waals surface area contributed by atoms with Crippen LogP contribution in [0.15, 0.2) is 69.9 Å². The molecule has 34 heavy (non-hydrogen) atoms. The van der Waals surface area contributed by atoms with Gasteiger partial charge in [-0.15, -0.1) is 0 Å². The van der Waals surface area contributed by atoms with Crippen molar-refractivity contribution in [3.8, 4) is 22.8 Å². The summed E-state index contributed by atoms with van der Waals surface area (Å²) in [5.41, 5.74) is 1.25. The fourth-order valence-corrected chi connectivity index (χ4v) is 4.37. The first-order chi connectivity index (χ1) is 16.5. The zero-order chi connectivity index (χ0) is 23.9. The van der Waals surface area contributed by atoms with Crippen LogP contribution in [0.5, 0.6) is 11.5 Å². The van der Waals surface area contributed by atoms with Gasteiger partial charge in [-0.05, 0) is 48.6 Å². The van der Waals surface area contributed by atoms with Crippen LogP contribution in [0.1, 0.15) is 36.8 Å². The van der Waals surface area contributed by atoms with Crippen molar-refractivity contribution >= 4 is 5.97 Å². The number of benzene rings is 2. The van der Waals surface area contributed by atoms with E-state index in [1.165, 1.54) is 6.07 Å². The van der Waals surface area contributed by atoms with Crippen LogP contribution in [0.3, 0.4) is 0 Å².